The Bertz CT molecular complexity index is 908. The van der Waals surface area contributed by atoms with E-state index in [1.54, 1.807) is 36.4 Å². The monoisotopic (exact) mass is 390 g/mol. The van der Waals surface area contributed by atoms with Crippen molar-refractivity contribution in [2.45, 2.75) is 25.6 Å². The third-order valence-electron chi connectivity index (χ3n) is 4.04. The maximum Gasteiger partial charge on any atom is 0.274 e. The molecule has 27 heavy (non-hydrogen) atoms. The van der Waals surface area contributed by atoms with Gasteiger partial charge in [0.1, 0.15) is 0 Å². The SMILES string of the molecule is CS(=O)(=O)Nc1cccc(-c2cccc(C(=O)NOC3CCCCO3)c2)c1. The van der Waals surface area contributed by atoms with Crippen LogP contribution in [0.15, 0.2) is 48.5 Å². The van der Waals surface area contributed by atoms with Gasteiger partial charge < -0.3 is 4.74 Å². The number of hydrogen-bond acceptors (Lipinski definition) is 5. The van der Waals surface area contributed by atoms with E-state index in [9.17, 15) is 13.2 Å². The number of hydroxylamine groups is 1. The maximum atomic E-state index is 12.3. The highest BCUT2D eigenvalue weighted by atomic mass is 32.2. The van der Waals surface area contributed by atoms with Gasteiger partial charge >= 0.3 is 0 Å². The van der Waals surface area contributed by atoms with Crippen LogP contribution in [0, 0.1) is 0 Å². The average Bonchev–Trinajstić information content (AvgIpc) is 2.66. The molecule has 1 unspecified atom stereocenters. The molecule has 0 spiro atoms. The number of amides is 1. The first kappa shape index (κ1) is 19.3. The van der Waals surface area contributed by atoms with Crippen molar-refractivity contribution in [2.24, 2.45) is 0 Å². The fraction of sp³-hybridized carbons (Fsp3) is 0.316. The van der Waals surface area contributed by atoms with Gasteiger partial charge in [-0.25, -0.2) is 18.7 Å². The first-order valence-corrected chi connectivity index (χ1v) is 10.6. The molecular formula is C19H22N2O5S. The third-order valence-corrected chi connectivity index (χ3v) is 4.65. The number of anilines is 1. The number of carbonyl (C=O) groups excluding carboxylic acids is 1. The molecule has 144 valence electrons. The molecule has 7 nitrogen and oxygen atoms in total. The van der Waals surface area contributed by atoms with E-state index in [2.05, 4.69) is 10.2 Å². The van der Waals surface area contributed by atoms with Crippen molar-refractivity contribution in [1.82, 2.24) is 5.48 Å². The van der Waals surface area contributed by atoms with Crippen molar-refractivity contribution >= 4 is 21.6 Å². The van der Waals surface area contributed by atoms with Crippen LogP contribution >= 0.6 is 0 Å². The fourth-order valence-corrected chi connectivity index (χ4v) is 3.35. The Balaban J connectivity index is 1.71. The second kappa shape index (κ2) is 8.51. The summed E-state index contributed by atoms with van der Waals surface area (Å²) in [6, 6.07) is 14.0. The molecule has 0 radical (unpaired) electrons. The summed E-state index contributed by atoms with van der Waals surface area (Å²) in [4.78, 5) is 17.7. The van der Waals surface area contributed by atoms with E-state index in [-0.39, 0.29) is 5.91 Å². The highest BCUT2D eigenvalue weighted by Gasteiger charge is 2.16. The Morgan fingerprint density at radius 2 is 1.85 bits per heavy atom. The zero-order valence-corrected chi connectivity index (χ0v) is 15.8. The van der Waals surface area contributed by atoms with E-state index < -0.39 is 16.3 Å². The minimum Gasteiger partial charge on any atom is -0.350 e. The molecule has 0 saturated carbocycles. The minimum absolute atomic E-state index is 0.364. The van der Waals surface area contributed by atoms with Crippen LogP contribution in [-0.2, 0) is 19.6 Å². The van der Waals surface area contributed by atoms with Crippen molar-refractivity contribution in [1.29, 1.82) is 0 Å². The molecule has 1 aliphatic rings. The first-order valence-electron chi connectivity index (χ1n) is 8.67. The van der Waals surface area contributed by atoms with Crippen LogP contribution in [0.1, 0.15) is 29.6 Å². The predicted molar refractivity (Wildman–Crippen MR) is 102 cm³/mol. The summed E-state index contributed by atoms with van der Waals surface area (Å²) in [6.45, 7) is 0.633. The molecule has 1 fully saturated rings. The molecule has 2 N–H and O–H groups in total. The number of hydrogen-bond donors (Lipinski definition) is 2. The molecule has 0 aliphatic carbocycles. The molecule has 1 heterocycles. The van der Waals surface area contributed by atoms with Gasteiger partial charge in [-0.1, -0.05) is 24.3 Å². The van der Waals surface area contributed by atoms with Gasteiger partial charge in [-0.3, -0.25) is 9.52 Å². The number of carbonyl (C=O) groups is 1. The topological polar surface area (TPSA) is 93.7 Å². The Labute approximate surface area is 158 Å². The second-order valence-electron chi connectivity index (χ2n) is 6.38. The summed E-state index contributed by atoms with van der Waals surface area (Å²) >= 11 is 0. The number of sulfonamides is 1. The smallest absolute Gasteiger partial charge is 0.274 e. The lowest BCUT2D eigenvalue weighted by Crippen LogP contribution is -2.33. The van der Waals surface area contributed by atoms with E-state index in [4.69, 9.17) is 9.57 Å². The Morgan fingerprint density at radius 3 is 2.56 bits per heavy atom. The average molecular weight is 390 g/mol. The molecule has 0 aromatic heterocycles. The Hall–Kier alpha value is -2.42. The summed E-state index contributed by atoms with van der Waals surface area (Å²) in [5.41, 5.74) is 4.90. The quantitative estimate of drug-likeness (QED) is 0.740. The molecule has 1 atom stereocenters. The van der Waals surface area contributed by atoms with Crippen molar-refractivity contribution < 1.29 is 22.8 Å². The third kappa shape index (κ3) is 5.78. The van der Waals surface area contributed by atoms with Crippen LogP contribution in [0.3, 0.4) is 0 Å². The molecule has 1 saturated heterocycles. The number of benzene rings is 2. The second-order valence-corrected chi connectivity index (χ2v) is 8.13. The van der Waals surface area contributed by atoms with Gasteiger partial charge in [0.15, 0.2) is 6.29 Å². The van der Waals surface area contributed by atoms with Crippen LogP contribution in [0.5, 0.6) is 0 Å². The molecular weight excluding hydrogens is 368 g/mol. The van der Waals surface area contributed by atoms with Gasteiger partial charge in [-0.15, -0.1) is 0 Å². The summed E-state index contributed by atoms with van der Waals surface area (Å²) < 4.78 is 30.7. The van der Waals surface area contributed by atoms with Gasteiger partial charge in [0.05, 0.1) is 6.26 Å². The van der Waals surface area contributed by atoms with Crippen LogP contribution in [0.25, 0.3) is 11.1 Å². The van der Waals surface area contributed by atoms with Gasteiger partial charge in [-0.2, -0.15) is 0 Å². The van der Waals surface area contributed by atoms with Crippen molar-refractivity contribution in [3.8, 4) is 11.1 Å². The molecule has 2 aromatic rings. The van der Waals surface area contributed by atoms with E-state index in [0.29, 0.717) is 17.9 Å². The molecule has 1 aliphatic heterocycles. The van der Waals surface area contributed by atoms with E-state index in [1.165, 1.54) is 0 Å². The van der Waals surface area contributed by atoms with Crippen LogP contribution in [0.4, 0.5) is 5.69 Å². The van der Waals surface area contributed by atoms with Crippen molar-refractivity contribution in [3.05, 3.63) is 54.1 Å². The molecule has 2 aromatic carbocycles. The lowest BCUT2D eigenvalue weighted by Gasteiger charge is -2.22. The number of nitrogens with one attached hydrogen (secondary N) is 2. The molecule has 8 heteroatoms. The van der Waals surface area contributed by atoms with Crippen molar-refractivity contribution in [2.75, 3.05) is 17.6 Å². The highest BCUT2D eigenvalue weighted by Crippen LogP contribution is 2.24. The largest absolute Gasteiger partial charge is 0.350 e. The number of rotatable bonds is 6. The number of ether oxygens (including phenoxy) is 1. The summed E-state index contributed by atoms with van der Waals surface area (Å²) in [6.07, 6.45) is 3.45. The van der Waals surface area contributed by atoms with Crippen LogP contribution in [0.2, 0.25) is 0 Å². The van der Waals surface area contributed by atoms with Gasteiger partial charge in [0.25, 0.3) is 5.91 Å². The van der Waals surface area contributed by atoms with Gasteiger partial charge in [0.2, 0.25) is 10.0 Å². The molecule has 0 bridgehead atoms. The predicted octanol–water partition coefficient (Wildman–Crippen LogP) is 2.91. The zero-order chi connectivity index (χ0) is 19.3. The lowest BCUT2D eigenvalue weighted by molar-refractivity contribution is -0.186. The zero-order valence-electron chi connectivity index (χ0n) is 15.0. The lowest BCUT2D eigenvalue weighted by atomic mass is 10.0. The van der Waals surface area contributed by atoms with Gasteiger partial charge in [-0.05, 0) is 48.2 Å². The normalized spacial score (nSPS) is 17.3. The molecule has 1 amide bonds. The van der Waals surface area contributed by atoms with E-state index in [1.807, 2.05) is 12.1 Å². The summed E-state index contributed by atoms with van der Waals surface area (Å²) in [5.74, 6) is -0.364. The van der Waals surface area contributed by atoms with Crippen LogP contribution < -0.4 is 10.2 Å². The minimum atomic E-state index is -3.36. The van der Waals surface area contributed by atoms with E-state index in [0.717, 1.165) is 36.6 Å². The summed E-state index contributed by atoms with van der Waals surface area (Å²) in [5, 5.41) is 0. The first-order chi connectivity index (χ1) is 12.9. The molecule has 3 rings (SSSR count). The Morgan fingerprint density at radius 1 is 1.11 bits per heavy atom. The fourth-order valence-electron chi connectivity index (χ4n) is 2.80. The van der Waals surface area contributed by atoms with Crippen molar-refractivity contribution in [3.63, 3.8) is 0 Å². The standard InChI is InChI=1S/C19H22N2O5S/c1-27(23,24)21-17-9-5-7-15(13-17)14-6-4-8-16(12-14)19(22)20-26-18-10-2-3-11-25-18/h4-9,12-13,18,21H,2-3,10-11H2,1H3,(H,20,22). The van der Waals surface area contributed by atoms with Gasteiger partial charge in [0, 0.05) is 24.3 Å². The maximum absolute atomic E-state index is 12.3. The van der Waals surface area contributed by atoms with Crippen LogP contribution in [-0.4, -0.2) is 33.5 Å². The summed E-state index contributed by atoms with van der Waals surface area (Å²) in [7, 11) is -3.36. The highest BCUT2D eigenvalue weighted by molar-refractivity contribution is 7.92. The Kier molecular flexibility index (Phi) is 6.10. The van der Waals surface area contributed by atoms with E-state index >= 15 is 0 Å².